The van der Waals surface area contributed by atoms with Gasteiger partial charge in [-0.05, 0) is 59.3 Å². The van der Waals surface area contributed by atoms with Crippen LogP contribution in [0.15, 0.2) is 158 Å². The summed E-state index contributed by atoms with van der Waals surface area (Å²) in [7, 11) is 0. The van der Waals surface area contributed by atoms with E-state index in [-0.39, 0.29) is 0 Å². The normalized spacial score (nSPS) is 11.8. The Kier molecular flexibility index (Phi) is 5.81. The summed E-state index contributed by atoms with van der Waals surface area (Å²) in [5.41, 5.74) is 8.52. The van der Waals surface area contributed by atoms with Crippen molar-refractivity contribution in [3.05, 3.63) is 158 Å². The van der Waals surface area contributed by atoms with Crippen molar-refractivity contribution in [2.75, 3.05) is 0 Å². The molecule has 5 heteroatoms. The summed E-state index contributed by atoms with van der Waals surface area (Å²) in [5.74, 6) is 1.95. The molecule has 10 aromatic rings. The molecule has 5 nitrogen and oxygen atoms in total. The lowest BCUT2D eigenvalue weighted by molar-refractivity contribution is 1.07. The van der Waals surface area contributed by atoms with Gasteiger partial charge in [0.25, 0.3) is 0 Å². The average molecular weight is 614 g/mol. The SMILES string of the molecule is c1ccc(-c2nc(-c3ccccc3)nc(-c3ccc(-n4c5ccccc5c5cc6c(cc54)[nH]c4ccc5ccccc5c46)cc3)n2)cc1. The van der Waals surface area contributed by atoms with Gasteiger partial charge >= 0.3 is 0 Å². The molecule has 0 aliphatic rings. The first-order valence-electron chi connectivity index (χ1n) is 16.1. The maximum absolute atomic E-state index is 4.94. The van der Waals surface area contributed by atoms with E-state index in [0.29, 0.717) is 17.5 Å². The molecule has 48 heavy (non-hydrogen) atoms. The van der Waals surface area contributed by atoms with Gasteiger partial charge in [-0.25, -0.2) is 15.0 Å². The summed E-state index contributed by atoms with van der Waals surface area (Å²) in [6.45, 7) is 0. The minimum Gasteiger partial charge on any atom is -0.354 e. The van der Waals surface area contributed by atoms with Crippen molar-refractivity contribution in [2.24, 2.45) is 0 Å². The monoisotopic (exact) mass is 613 g/mol. The highest BCUT2D eigenvalue weighted by atomic mass is 15.0. The molecule has 0 unspecified atom stereocenters. The molecular weight excluding hydrogens is 587 g/mol. The number of fused-ring (bicyclic) bond motifs is 8. The summed E-state index contributed by atoms with van der Waals surface area (Å²) in [6, 6.07) is 55.1. The number of H-pyrrole nitrogens is 1. The Morgan fingerprint density at radius 3 is 1.67 bits per heavy atom. The van der Waals surface area contributed by atoms with Crippen LogP contribution in [0.5, 0.6) is 0 Å². The molecular formula is C43H27N5. The lowest BCUT2D eigenvalue weighted by atomic mass is 10.0. The third kappa shape index (κ3) is 4.15. The Bertz CT molecular complexity index is 2760. The highest BCUT2D eigenvalue weighted by Crippen LogP contribution is 2.39. The summed E-state index contributed by atoms with van der Waals surface area (Å²) in [6.07, 6.45) is 0. The van der Waals surface area contributed by atoms with Crippen LogP contribution in [0.25, 0.3) is 94.2 Å². The van der Waals surface area contributed by atoms with E-state index < -0.39 is 0 Å². The number of aromatic amines is 1. The van der Waals surface area contributed by atoms with E-state index in [9.17, 15) is 0 Å². The standard InChI is InChI=1S/C43H27N5/c1-3-12-28(13-4-1)41-45-42(29-14-5-2-6-15-29)47-43(46-41)30-19-22-31(23-20-30)48-38-18-10-9-17-33(38)34-25-35-37(26-39(34)48)44-36-24-21-27-11-7-8-16-32(27)40(35)36/h1-26,44H. The van der Waals surface area contributed by atoms with Crippen molar-refractivity contribution in [2.45, 2.75) is 0 Å². The van der Waals surface area contributed by atoms with Gasteiger partial charge < -0.3 is 9.55 Å². The third-order valence-corrected chi connectivity index (χ3v) is 9.36. The molecule has 0 aliphatic carbocycles. The Hall–Kier alpha value is -6.59. The Labute approximate surface area is 275 Å². The van der Waals surface area contributed by atoms with E-state index in [1.54, 1.807) is 0 Å². The second kappa shape index (κ2) is 10.5. The van der Waals surface area contributed by atoms with Crippen molar-refractivity contribution < 1.29 is 0 Å². The van der Waals surface area contributed by atoms with Crippen molar-refractivity contribution >= 4 is 54.4 Å². The molecule has 0 radical (unpaired) electrons. The van der Waals surface area contributed by atoms with Gasteiger partial charge in [-0.3, -0.25) is 0 Å². The van der Waals surface area contributed by atoms with E-state index in [2.05, 4.69) is 107 Å². The lowest BCUT2D eigenvalue weighted by Crippen LogP contribution is -2.00. The molecule has 1 N–H and O–H groups in total. The number of hydrogen-bond donors (Lipinski definition) is 1. The Morgan fingerprint density at radius 2 is 0.979 bits per heavy atom. The van der Waals surface area contributed by atoms with Gasteiger partial charge in [0.05, 0.1) is 11.0 Å². The minimum atomic E-state index is 0.642. The maximum Gasteiger partial charge on any atom is 0.164 e. The van der Waals surface area contributed by atoms with Crippen LogP contribution in [0.1, 0.15) is 0 Å². The van der Waals surface area contributed by atoms with Gasteiger partial charge in [-0.15, -0.1) is 0 Å². The molecule has 0 amide bonds. The second-order valence-electron chi connectivity index (χ2n) is 12.2. The maximum atomic E-state index is 4.94. The van der Waals surface area contributed by atoms with E-state index in [4.69, 9.17) is 15.0 Å². The van der Waals surface area contributed by atoms with Gasteiger partial charge in [0.2, 0.25) is 0 Å². The molecule has 0 aliphatic heterocycles. The highest BCUT2D eigenvalue weighted by molar-refractivity contribution is 6.24. The van der Waals surface area contributed by atoms with Crippen LogP contribution >= 0.6 is 0 Å². The van der Waals surface area contributed by atoms with Crippen LogP contribution in [-0.4, -0.2) is 24.5 Å². The molecule has 224 valence electrons. The smallest absolute Gasteiger partial charge is 0.164 e. The number of rotatable bonds is 4. The quantitative estimate of drug-likeness (QED) is 0.215. The van der Waals surface area contributed by atoms with Gasteiger partial charge in [0.1, 0.15) is 0 Å². The number of nitrogens with zero attached hydrogens (tertiary/aromatic N) is 4. The Balaban J connectivity index is 1.14. The zero-order valence-corrected chi connectivity index (χ0v) is 25.8. The molecule has 0 saturated carbocycles. The molecule has 0 atom stereocenters. The lowest BCUT2D eigenvalue weighted by Gasteiger charge is -2.11. The second-order valence-corrected chi connectivity index (χ2v) is 12.2. The van der Waals surface area contributed by atoms with Crippen LogP contribution in [0.4, 0.5) is 0 Å². The summed E-state index contributed by atoms with van der Waals surface area (Å²) in [5, 5.41) is 7.49. The minimum absolute atomic E-state index is 0.642. The van der Waals surface area contributed by atoms with Crippen LogP contribution < -0.4 is 0 Å². The van der Waals surface area contributed by atoms with Crippen LogP contribution in [0, 0.1) is 0 Å². The Morgan fingerprint density at radius 1 is 0.396 bits per heavy atom. The molecule has 3 heterocycles. The van der Waals surface area contributed by atoms with E-state index in [1.807, 2.05) is 60.7 Å². The van der Waals surface area contributed by atoms with Crippen molar-refractivity contribution in [1.29, 1.82) is 0 Å². The number of benzene rings is 7. The number of nitrogens with one attached hydrogen (secondary N) is 1. The first kappa shape index (κ1) is 26.6. The molecule has 0 fully saturated rings. The predicted molar refractivity (Wildman–Crippen MR) is 197 cm³/mol. The fourth-order valence-electron chi connectivity index (χ4n) is 7.11. The van der Waals surface area contributed by atoms with Crippen molar-refractivity contribution in [1.82, 2.24) is 24.5 Å². The average Bonchev–Trinajstić information content (AvgIpc) is 3.69. The topological polar surface area (TPSA) is 59.4 Å². The van der Waals surface area contributed by atoms with Crippen LogP contribution in [0.2, 0.25) is 0 Å². The number of para-hydroxylation sites is 1. The third-order valence-electron chi connectivity index (χ3n) is 9.36. The number of aromatic nitrogens is 5. The van der Waals surface area contributed by atoms with Gasteiger partial charge in [-0.2, -0.15) is 0 Å². The van der Waals surface area contributed by atoms with E-state index in [0.717, 1.165) is 38.9 Å². The first-order chi connectivity index (χ1) is 23.8. The molecule has 3 aromatic heterocycles. The van der Waals surface area contributed by atoms with Gasteiger partial charge in [0.15, 0.2) is 17.5 Å². The van der Waals surface area contributed by atoms with Crippen molar-refractivity contribution in [3.8, 4) is 39.9 Å². The molecule has 0 bridgehead atoms. The fraction of sp³-hybridized carbons (Fsp3) is 0. The molecule has 0 saturated heterocycles. The summed E-state index contributed by atoms with van der Waals surface area (Å²) >= 11 is 0. The highest BCUT2D eigenvalue weighted by Gasteiger charge is 2.17. The zero-order valence-electron chi connectivity index (χ0n) is 25.8. The van der Waals surface area contributed by atoms with Crippen LogP contribution in [0.3, 0.4) is 0 Å². The van der Waals surface area contributed by atoms with Crippen molar-refractivity contribution in [3.63, 3.8) is 0 Å². The van der Waals surface area contributed by atoms with E-state index >= 15 is 0 Å². The summed E-state index contributed by atoms with van der Waals surface area (Å²) in [4.78, 5) is 18.4. The molecule has 0 spiro atoms. The first-order valence-corrected chi connectivity index (χ1v) is 16.1. The predicted octanol–water partition coefficient (Wildman–Crippen LogP) is 10.8. The van der Waals surface area contributed by atoms with Crippen LogP contribution in [-0.2, 0) is 0 Å². The molecule has 7 aromatic carbocycles. The largest absolute Gasteiger partial charge is 0.354 e. The van der Waals surface area contributed by atoms with Gasteiger partial charge in [0, 0.05) is 55.0 Å². The number of hydrogen-bond acceptors (Lipinski definition) is 3. The van der Waals surface area contributed by atoms with E-state index in [1.165, 1.54) is 37.8 Å². The zero-order chi connectivity index (χ0) is 31.6. The van der Waals surface area contributed by atoms with Gasteiger partial charge in [-0.1, -0.05) is 109 Å². The summed E-state index contributed by atoms with van der Waals surface area (Å²) < 4.78 is 2.36. The fourth-order valence-corrected chi connectivity index (χ4v) is 7.11. The molecule has 10 rings (SSSR count).